The number of aryl methyl sites for hydroxylation is 1. The van der Waals surface area contributed by atoms with Gasteiger partial charge in [-0.3, -0.25) is 0 Å². The van der Waals surface area contributed by atoms with Crippen molar-refractivity contribution in [3.63, 3.8) is 0 Å². The molecule has 2 unspecified atom stereocenters. The lowest BCUT2D eigenvalue weighted by atomic mass is 9.95. The SMILES string of the molecule is Cc1c(CNCC(O)CC2(O)CCOC2)sc2ccccc12. The Hall–Kier alpha value is -0.980. The predicted octanol–water partition coefficient (Wildman–Crippen LogP) is 2.20. The van der Waals surface area contributed by atoms with Crippen molar-refractivity contribution in [2.24, 2.45) is 0 Å². The van der Waals surface area contributed by atoms with Gasteiger partial charge in [0.2, 0.25) is 0 Å². The monoisotopic (exact) mass is 321 g/mol. The van der Waals surface area contributed by atoms with Gasteiger partial charge in [0.15, 0.2) is 0 Å². The molecule has 0 amide bonds. The van der Waals surface area contributed by atoms with Gasteiger partial charge >= 0.3 is 0 Å². The zero-order valence-electron chi connectivity index (χ0n) is 12.8. The molecule has 0 spiro atoms. The summed E-state index contributed by atoms with van der Waals surface area (Å²) in [4.78, 5) is 1.30. The Morgan fingerprint density at radius 2 is 2.23 bits per heavy atom. The summed E-state index contributed by atoms with van der Waals surface area (Å²) in [7, 11) is 0. The molecule has 1 aromatic heterocycles. The van der Waals surface area contributed by atoms with Crippen LogP contribution in [0.2, 0.25) is 0 Å². The molecule has 3 N–H and O–H groups in total. The Morgan fingerprint density at radius 3 is 2.95 bits per heavy atom. The number of hydrogen-bond donors (Lipinski definition) is 3. The van der Waals surface area contributed by atoms with Gasteiger partial charge < -0.3 is 20.3 Å². The first kappa shape index (κ1) is 15.9. The highest BCUT2D eigenvalue weighted by molar-refractivity contribution is 7.19. The van der Waals surface area contributed by atoms with Crippen LogP contribution in [0.25, 0.3) is 10.1 Å². The third-order valence-corrected chi connectivity index (χ3v) is 5.58. The largest absolute Gasteiger partial charge is 0.392 e. The molecule has 1 aromatic carbocycles. The summed E-state index contributed by atoms with van der Waals surface area (Å²) >= 11 is 1.79. The molecule has 4 nitrogen and oxygen atoms in total. The van der Waals surface area contributed by atoms with Gasteiger partial charge in [0.05, 0.1) is 18.3 Å². The molecule has 120 valence electrons. The van der Waals surface area contributed by atoms with Gasteiger partial charge in [0.25, 0.3) is 0 Å². The predicted molar refractivity (Wildman–Crippen MR) is 89.3 cm³/mol. The van der Waals surface area contributed by atoms with Crippen LogP contribution in [0.5, 0.6) is 0 Å². The van der Waals surface area contributed by atoms with E-state index in [1.165, 1.54) is 20.5 Å². The van der Waals surface area contributed by atoms with E-state index in [-0.39, 0.29) is 0 Å². The van der Waals surface area contributed by atoms with E-state index in [0.29, 0.717) is 32.6 Å². The van der Waals surface area contributed by atoms with Crippen LogP contribution >= 0.6 is 11.3 Å². The van der Waals surface area contributed by atoms with Crippen LogP contribution in [0.3, 0.4) is 0 Å². The number of thiophene rings is 1. The minimum absolute atomic E-state index is 0.333. The summed E-state index contributed by atoms with van der Waals surface area (Å²) in [5, 5.41) is 24.9. The van der Waals surface area contributed by atoms with Crippen molar-refractivity contribution in [1.29, 1.82) is 0 Å². The molecule has 2 heterocycles. The Balaban J connectivity index is 1.52. The fraction of sp³-hybridized carbons (Fsp3) is 0.529. The van der Waals surface area contributed by atoms with E-state index >= 15 is 0 Å². The number of ether oxygens (including phenoxy) is 1. The summed E-state index contributed by atoms with van der Waals surface area (Å²) in [5.74, 6) is 0. The molecular weight excluding hydrogens is 298 g/mol. The number of aliphatic hydroxyl groups excluding tert-OH is 1. The summed E-state index contributed by atoms with van der Waals surface area (Å²) < 4.78 is 6.51. The normalized spacial score (nSPS) is 23.2. The maximum Gasteiger partial charge on any atom is 0.0927 e. The van der Waals surface area contributed by atoms with Crippen molar-refractivity contribution >= 4 is 21.4 Å². The summed E-state index contributed by atoms with van der Waals surface area (Å²) in [6.07, 6.45) is 0.423. The first-order chi connectivity index (χ1) is 10.6. The zero-order valence-corrected chi connectivity index (χ0v) is 13.7. The zero-order chi connectivity index (χ0) is 15.6. The quantitative estimate of drug-likeness (QED) is 0.763. The van der Waals surface area contributed by atoms with Crippen LogP contribution in [-0.4, -0.2) is 41.7 Å². The van der Waals surface area contributed by atoms with Gasteiger partial charge in [0.1, 0.15) is 0 Å². The second-order valence-electron chi connectivity index (χ2n) is 6.16. The molecule has 22 heavy (non-hydrogen) atoms. The summed E-state index contributed by atoms with van der Waals surface area (Å²) in [5.41, 5.74) is 0.458. The van der Waals surface area contributed by atoms with E-state index in [1.807, 2.05) is 0 Å². The van der Waals surface area contributed by atoms with Crippen LogP contribution in [0.4, 0.5) is 0 Å². The van der Waals surface area contributed by atoms with Gasteiger partial charge in [-0.25, -0.2) is 0 Å². The van der Waals surface area contributed by atoms with Crippen LogP contribution in [0, 0.1) is 6.92 Å². The summed E-state index contributed by atoms with van der Waals surface area (Å²) in [6.45, 7) is 4.29. The van der Waals surface area contributed by atoms with Crippen molar-refractivity contribution < 1.29 is 14.9 Å². The number of fused-ring (bicyclic) bond motifs is 1. The average molecular weight is 321 g/mol. The standard InChI is InChI=1S/C17H23NO3S/c1-12-14-4-2-3-5-15(14)22-16(12)10-18-9-13(19)8-17(20)6-7-21-11-17/h2-5,13,18-20H,6-11H2,1H3. The molecule has 2 aromatic rings. The molecular formula is C17H23NO3S. The molecule has 5 heteroatoms. The Kier molecular flexibility index (Phi) is 4.80. The molecule has 1 aliphatic rings. The second kappa shape index (κ2) is 6.64. The van der Waals surface area contributed by atoms with Gasteiger partial charge in [-0.1, -0.05) is 18.2 Å². The van der Waals surface area contributed by atoms with Crippen molar-refractivity contribution in [3.8, 4) is 0 Å². The van der Waals surface area contributed by atoms with Crippen molar-refractivity contribution in [1.82, 2.24) is 5.32 Å². The molecule has 2 atom stereocenters. The third-order valence-electron chi connectivity index (χ3n) is 4.31. The molecule has 1 saturated heterocycles. The molecule has 0 saturated carbocycles. The minimum atomic E-state index is -0.853. The maximum absolute atomic E-state index is 10.2. The molecule has 1 fully saturated rings. The Labute approximate surface area is 134 Å². The van der Waals surface area contributed by atoms with E-state index < -0.39 is 11.7 Å². The topological polar surface area (TPSA) is 61.7 Å². The smallest absolute Gasteiger partial charge is 0.0927 e. The fourth-order valence-corrected chi connectivity index (χ4v) is 4.19. The average Bonchev–Trinajstić information content (AvgIpc) is 3.04. The lowest BCUT2D eigenvalue weighted by Crippen LogP contribution is -2.38. The molecule has 3 rings (SSSR count). The first-order valence-corrected chi connectivity index (χ1v) is 8.55. The number of nitrogens with one attached hydrogen (secondary N) is 1. The fourth-order valence-electron chi connectivity index (χ4n) is 3.01. The van der Waals surface area contributed by atoms with Crippen molar-refractivity contribution in [2.75, 3.05) is 19.8 Å². The minimum Gasteiger partial charge on any atom is -0.392 e. The Morgan fingerprint density at radius 1 is 1.41 bits per heavy atom. The highest BCUT2D eigenvalue weighted by Crippen LogP contribution is 2.30. The molecule has 0 bridgehead atoms. The van der Waals surface area contributed by atoms with Gasteiger partial charge in [-0.15, -0.1) is 11.3 Å². The van der Waals surface area contributed by atoms with Crippen LogP contribution in [0.1, 0.15) is 23.3 Å². The van der Waals surface area contributed by atoms with Crippen LogP contribution < -0.4 is 5.32 Å². The number of aliphatic hydroxyl groups is 2. The first-order valence-electron chi connectivity index (χ1n) is 7.73. The van der Waals surface area contributed by atoms with Crippen molar-refractivity contribution in [3.05, 3.63) is 34.7 Å². The molecule has 0 radical (unpaired) electrons. The maximum atomic E-state index is 10.2. The number of benzene rings is 1. The van der Waals surface area contributed by atoms with Crippen molar-refractivity contribution in [2.45, 2.75) is 38.0 Å². The van der Waals surface area contributed by atoms with Crippen LogP contribution in [-0.2, 0) is 11.3 Å². The number of hydrogen-bond acceptors (Lipinski definition) is 5. The van der Waals surface area contributed by atoms with E-state index in [1.54, 1.807) is 11.3 Å². The van der Waals surface area contributed by atoms with Gasteiger partial charge in [0, 0.05) is 42.1 Å². The lowest BCUT2D eigenvalue weighted by molar-refractivity contribution is -0.0164. The highest BCUT2D eigenvalue weighted by atomic mass is 32.1. The summed E-state index contributed by atoms with van der Waals surface area (Å²) in [6, 6.07) is 8.41. The van der Waals surface area contributed by atoms with Gasteiger partial charge in [-0.05, 0) is 23.9 Å². The lowest BCUT2D eigenvalue weighted by Gasteiger charge is -2.23. The van der Waals surface area contributed by atoms with Gasteiger partial charge in [-0.2, -0.15) is 0 Å². The molecule has 0 aliphatic carbocycles. The number of rotatable bonds is 6. The highest BCUT2D eigenvalue weighted by Gasteiger charge is 2.34. The van der Waals surface area contributed by atoms with E-state index in [9.17, 15) is 10.2 Å². The third kappa shape index (κ3) is 3.50. The van der Waals surface area contributed by atoms with E-state index in [0.717, 1.165) is 6.54 Å². The second-order valence-corrected chi connectivity index (χ2v) is 7.30. The van der Waals surface area contributed by atoms with Crippen LogP contribution in [0.15, 0.2) is 24.3 Å². The van der Waals surface area contributed by atoms with E-state index in [4.69, 9.17) is 4.74 Å². The van der Waals surface area contributed by atoms with E-state index in [2.05, 4.69) is 36.5 Å². The molecule has 1 aliphatic heterocycles. The Bertz CT molecular complexity index is 634.